The van der Waals surface area contributed by atoms with E-state index < -0.39 is 1.80 Å². The van der Waals surface area contributed by atoms with E-state index in [1.165, 1.54) is 11.1 Å². The number of benzene rings is 3. The summed E-state index contributed by atoms with van der Waals surface area (Å²) < 4.78 is 18.5. The van der Waals surface area contributed by atoms with Gasteiger partial charge in [-0.25, -0.2) is 0 Å². The van der Waals surface area contributed by atoms with E-state index in [9.17, 15) is 0 Å². The molecule has 0 unspecified atom stereocenters. The normalized spacial score (nSPS) is 15.1. The van der Waals surface area contributed by atoms with Crippen molar-refractivity contribution in [3.8, 4) is 22.6 Å². The lowest BCUT2D eigenvalue weighted by molar-refractivity contribution is 0.0812. The topological polar surface area (TPSA) is 30.9 Å². The Morgan fingerprint density at radius 1 is 0.763 bits per heavy atom. The van der Waals surface area contributed by atoms with Crippen LogP contribution >= 0.6 is 45.2 Å². The van der Waals surface area contributed by atoms with Crippen LogP contribution in [-0.2, 0) is 15.6 Å². The molecule has 0 amide bonds. The van der Waals surface area contributed by atoms with Gasteiger partial charge in [-0.2, -0.15) is 0 Å². The van der Waals surface area contributed by atoms with Crippen molar-refractivity contribution in [3.05, 3.63) is 70.8 Å². The number of aryl methyl sites for hydroxylation is 2. The zero-order valence-corrected chi connectivity index (χ0v) is 28.3. The van der Waals surface area contributed by atoms with Crippen LogP contribution in [0.4, 0.5) is 11.4 Å². The molecule has 0 radical (unpaired) electrons. The highest BCUT2D eigenvalue weighted by Gasteiger charge is 2.38. The molecule has 1 aliphatic heterocycles. The van der Waals surface area contributed by atoms with Crippen LogP contribution in [0.25, 0.3) is 11.1 Å². The maximum Gasteiger partial charge on any atom is 0.355 e. The Labute approximate surface area is 255 Å². The molecule has 204 valence electrons. The summed E-state index contributed by atoms with van der Waals surface area (Å²) in [5.74, 6) is 1.70. The number of hydrogen-bond acceptors (Lipinski definition) is 4. The summed E-state index contributed by atoms with van der Waals surface area (Å²) in [6, 6.07) is 17.6. The minimum Gasteiger partial charge on any atom is -0.435 e. The number of ether oxygens (including phenoxy) is 3. The second kappa shape index (κ2) is 10.8. The van der Waals surface area contributed by atoms with Crippen LogP contribution in [0.2, 0.25) is 0 Å². The van der Waals surface area contributed by atoms with Crippen LogP contribution < -0.4 is 14.4 Å². The number of nitrogens with zero attached hydrogens (tertiary/aromatic N) is 1. The molecule has 4 nitrogen and oxygen atoms in total. The molecule has 1 heterocycles. The molecule has 0 aliphatic carbocycles. The van der Waals surface area contributed by atoms with E-state index in [2.05, 4.69) is 154 Å². The van der Waals surface area contributed by atoms with Crippen molar-refractivity contribution in [1.29, 1.82) is 0 Å². The first-order valence-corrected chi connectivity index (χ1v) is 15.2. The Balaban J connectivity index is 2.16. The van der Waals surface area contributed by atoms with E-state index in [4.69, 9.17) is 14.2 Å². The SMILES string of the molecule is COCCN1c2ccccc2-c2cc(C)cc(C(C)(C)C)c2OC(I)(I)Oc2c1cc(C)cc2C(C)(C)C. The van der Waals surface area contributed by atoms with Gasteiger partial charge in [-0.05, 0) is 54.0 Å². The molecule has 0 spiro atoms. The van der Waals surface area contributed by atoms with Gasteiger partial charge in [0.1, 0.15) is 5.75 Å². The predicted molar refractivity (Wildman–Crippen MR) is 176 cm³/mol. The van der Waals surface area contributed by atoms with Gasteiger partial charge in [-0.3, -0.25) is 0 Å². The zero-order chi connectivity index (χ0) is 28.0. The summed E-state index contributed by atoms with van der Waals surface area (Å²) in [4.78, 5) is 2.36. The third-order valence-corrected chi connectivity index (χ3v) is 7.68. The molecule has 6 heteroatoms. The van der Waals surface area contributed by atoms with Gasteiger partial charge in [-0.15, -0.1) is 0 Å². The molecule has 0 aromatic heterocycles. The maximum atomic E-state index is 6.92. The second-order valence-corrected chi connectivity index (χ2v) is 17.1. The first-order chi connectivity index (χ1) is 17.6. The van der Waals surface area contributed by atoms with Crippen molar-refractivity contribution in [1.82, 2.24) is 0 Å². The molecule has 0 saturated heterocycles. The molecule has 0 fully saturated rings. The number of alkyl halides is 2. The number of hydrogen-bond donors (Lipinski definition) is 0. The summed E-state index contributed by atoms with van der Waals surface area (Å²) in [5, 5.41) is 0. The Bertz CT molecular complexity index is 1340. The lowest BCUT2D eigenvalue weighted by Crippen LogP contribution is -2.33. The van der Waals surface area contributed by atoms with Crippen molar-refractivity contribution < 1.29 is 14.2 Å². The Morgan fingerprint density at radius 2 is 1.32 bits per heavy atom. The number of anilines is 2. The molecular weight excluding hydrogens is 700 g/mol. The molecule has 4 rings (SSSR count). The standard InChI is InChI=1S/C32H39I2NO3/c1-20-16-23-22-12-10-11-13-26(22)35(14-15-36-9)27-19-21(2)18-25(31(6,7)8)29(27)38-32(33,34)37-28(23)24(17-20)30(3,4)5/h10-13,16-19H,14-15H2,1-9H3. The highest BCUT2D eigenvalue weighted by molar-refractivity contribution is 14.2. The van der Waals surface area contributed by atoms with Crippen molar-refractivity contribution in [2.24, 2.45) is 0 Å². The molecular formula is C32H39I2NO3. The van der Waals surface area contributed by atoms with E-state index in [1.54, 1.807) is 7.11 Å². The molecule has 3 aromatic carbocycles. The van der Waals surface area contributed by atoms with Gasteiger partial charge in [0.15, 0.2) is 5.75 Å². The van der Waals surface area contributed by atoms with Crippen LogP contribution in [0.1, 0.15) is 63.8 Å². The van der Waals surface area contributed by atoms with Gasteiger partial charge in [0.25, 0.3) is 0 Å². The van der Waals surface area contributed by atoms with Crippen LogP contribution in [-0.4, -0.2) is 22.1 Å². The zero-order valence-electron chi connectivity index (χ0n) is 24.0. The van der Waals surface area contributed by atoms with Gasteiger partial charge >= 0.3 is 1.80 Å². The molecule has 0 N–H and O–H groups in total. The highest BCUT2D eigenvalue weighted by Crippen LogP contribution is 2.52. The summed E-state index contributed by atoms with van der Waals surface area (Å²) in [6.07, 6.45) is 0. The molecule has 0 atom stereocenters. The highest BCUT2D eigenvalue weighted by atomic mass is 127. The number of para-hydroxylation sites is 1. The van der Waals surface area contributed by atoms with Crippen LogP contribution in [0.15, 0.2) is 48.5 Å². The Kier molecular flexibility index (Phi) is 8.38. The number of methoxy groups -OCH3 is 1. The smallest absolute Gasteiger partial charge is 0.355 e. The van der Waals surface area contributed by atoms with E-state index in [1.807, 2.05) is 0 Å². The third kappa shape index (κ3) is 6.12. The minimum absolute atomic E-state index is 0.125. The van der Waals surface area contributed by atoms with Gasteiger partial charge in [0.2, 0.25) is 0 Å². The quantitative estimate of drug-likeness (QED) is 0.198. The van der Waals surface area contributed by atoms with Crippen LogP contribution in [0, 0.1) is 13.8 Å². The molecule has 38 heavy (non-hydrogen) atoms. The summed E-state index contributed by atoms with van der Waals surface area (Å²) in [6.45, 7) is 19.0. The predicted octanol–water partition coefficient (Wildman–Crippen LogP) is 9.60. The first-order valence-electron chi connectivity index (χ1n) is 13.0. The van der Waals surface area contributed by atoms with Gasteiger partial charge in [0, 0.05) is 86.8 Å². The lowest BCUT2D eigenvalue weighted by atomic mass is 9.82. The van der Waals surface area contributed by atoms with E-state index in [-0.39, 0.29) is 10.8 Å². The van der Waals surface area contributed by atoms with Crippen molar-refractivity contribution in [2.45, 2.75) is 68.0 Å². The second-order valence-electron chi connectivity index (χ2n) is 12.2. The third-order valence-electron chi connectivity index (χ3n) is 6.80. The fourth-order valence-corrected chi connectivity index (χ4v) is 5.89. The van der Waals surface area contributed by atoms with Crippen LogP contribution in [0.3, 0.4) is 0 Å². The average molecular weight is 739 g/mol. The van der Waals surface area contributed by atoms with Gasteiger partial charge < -0.3 is 19.1 Å². The Hall–Kier alpha value is -1.52. The van der Waals surface area contributed by atoms with Gasteiger partial charge in [0.05, 0.1) is 12.3 Å². The monoisotopic (exact) mass is 739 g/mol. The summed E-state index contributed by atoms with van der Waals surface area (Å²) in [5.41, 5.74) is 8.76. The number of rotatable bonds is 3. The fourth-order valence-electron chi connectivity index (χ4n) is 5.01. The first kappa shape index (κ1) is 29.5. The summed E-state index contributed by atoms with van der Waals surface area (Å²) in [7, 11) is 1.75. The minimum atomic E-state index is -0.983. The molecule has 0 saturated carbocycles. The van der Waals surface area contributed by atoms with E-state index in [0.29, 0.717) is 13.2 Å². The largest absolute Gasteiger partial charge is 0.435 e. The molecule has 0 bridgehead atoms. The molecule has 3 aromatic rings. The van der Waals surface area contributed by atoms with Crippen LogP contribution in [0.5, 0.6) is 11.5 Å². The maximum absolute atomic E-state index is 6.92. The lowest BCUT2D eigenvalue weighted by Gasteiger charge is -2.37. The molecule has 1 aliphatic rings. The van der Waals surface area contributed by atoms with Crippen molar-refractivity contribution >= 4 is 56.6 Å². The van der Waals surface area contributed by atoms with Crippen molar-refractivity contribution in [2.75, 3.05) is 25.2 Å². The number of halogens is 2. The number of fused-ring (bicyclic) bond motifs is 4. The fraction of sp³-hybridized carbons (Fsp3) is 0.438. The van der Waals surface area contributed by atoms with E-state index >= 15 is 0 Å². The van der Waals surface area contributed by atoms with Crippen molar-refractivity contribution in [3.63, 3.8) is 0 Å². The average Bonchev–Trinajstić information content (AvgIpc) is 2.79. The summed E-state index contributed by atoms with van der Waals surface area (Å²) >= 11 is 4.60. The van der Waals surface area contributed by atoms with E-state index in [0.717, 1.165) is 45.1 Å². The van der Waals surface area contributed by atoms with Gasteiger partial charge in [-0.1, -0.05) is 71.9 Å². The Morgan fingerprint density at radius 3 is 1.92 bits per heavy atom.